The van der Waals surface area contributed by atoms with Crippen molar-refractivity contribution in [2.45, 2.75) is 19.4 Å². The second-order valence-electron chi connectivity index (χ2n) is 4.24. The molecule has 2 N–H and O–H groups in total. The summed E-state index contributed by atoms with van der Waals surface area (Å²) in [5.41, 5.74) is 9.40. The summed E-state index contributed by atoms with van der Waals surface area (Å²) in [6.07, 6.45) is 0.758. The third-order valence-electron chi connectivity index (χ3n) is 2.95. The van der Waals surface area contributed by atoms with E-state index in [1.807, 2.05) is 18.2 Å². The molecule has 94 valence electrons. The highest BCUT2D eigenvalue weighted by Crippen LogP contribution is 2.17. The van der Waals surface area contributed by atoms with Gasteiger partial charge in [-0.15, -0.1) is 5.10 Å². The van der Waals surface area contributed by atoms with Crippen molar-refractivity contribution in [2.75, 3.05) is 7.11 Å². The third-order valence-corrected chi connectivity index (χ3v) is 2.95. The van der Waals surface area contributed by atoms with Crippen LogP contribution in [0.3, 0.4) is 0 Å². The lowest BCUT2D eigenvalue weighted by atomic mass is 10.00. The Morgan fingerprint density at radius 2 is 1.94 bits per heavy atom. The van der Waals surface area contributed by atoms with Gasteiger partial charge in [0.25, 0.3) is 0 Å². The van der Waals surface area contributed by atoms with Gasteiger partial charge in [-0.25, -0.2) is 0 Å². The fourth-order valence-corrected chi connectivity index (χ4v) is 1.82. The summed E-state index contributed by atoms with van der Waals surface area (Å²) in [4.78, 5) is 0. The number of ether oxygens (including phenoxy) is 1. The van der Waals surface area contributed by atoms with Gasteiger partial charge in [0.05, 0.1) is 18.8 Å². The quantitative estimate of drug-likeness (QED) is 0.892. The van der Waals surface area contributed by atoms with E-state index >= 15 is 0 Å². The molecule has 18 heavy (non-hydrogen) atoms. The Balaban J connectivity index is 2.11. The molecule has 1 aromatic carbocycles. The van der Waals surface area contributed by atoms with Crippen LogP contribution in [0.4, 0.5) is 0 Å². The molecule has 0 saturated carbocycles. The van der Waals surface area contributed by atoms with Crippen molar-refractivity contribution in [3.05, 3.63) is 53.2 Å². The molecule has 0 aliphatic carbocycles. The van der Waals surface area contributed by atoms with Gasteiger partial charge in [-0.3, -0.25) is 0 Å². The summed E-state index contributed by atoms with van der Waals surface area (Å²) in [5, 5.41) is 8.01. The van der Waals surface area contributed by atoms with E-state index in [9.17, 15) is 0 Å². The molecule has 0 saturated heterocycles. The van der Waals surface area contributed by atoms with Crippen LogP contribution in [0.25, 0.3) is 0 Å². The molecule has 1 heterocycles. The fourth-order valence-electron chi connectivity index (χ4n) is 1.82. The molecule has 1 unspecified atom stereocenters. The molecule has 0 radical (unpaired) electrons. The first-order valence-corrected chi connectivity index (χ1v) is 5.88. The maximum atomic E-state index is 6.14. The minimum atomic E-state index is -0.149. The first kappa shape index (κ1) is 12.5. The molecular formula is C14H17N3O. The number of nitrogens with zero attached hydrogens (tertiary/aromatic N) is 2. The molecule has 0 fully saturated rings. The van der Waals surface area contributed by atoms with E-state index in [4.69, 9.17) is 10.5 Å². The van der Waals surface area contributed by atoms with Crippen molar-refractivity contribution in [3.63, 3.8) is 0 Å². The smallest absolute Gasteiger partial charge is 0.233 e. The molecule has 4 nitrogen and oxygen atoms in total. The lowest BCUT2D eigenvalue weighted by Gasteiger charge is -2.12. The Labute approximate surface area is 107 Å². The largest absolute Gasteiger partial charge is 0.480 e. The normalized spacial score (nSPS) is 12.2. The molecule has 0 aliphatic heterocycles. The van der Waals surface area contributed by atoms with Crippen molar-refractivity contribution < 1.29 is 4.74 Å². The Morgan fingerprint density at radius 1 is 1.17 bits per heavy atom. The summed E-state index contributed by atoms with van der Waals surface area (Å²) < 4.78 is 4.97. The number of hydrogen-bond donors (Lipinski definition) is 1. The Kier molecular flexibility index (Phi) is 3.89. The van der Waals surface area contributed by atoms with Crippen LogP contribution in [0.15, 0.2) is 36.4 Å². The Hall–Kier alpha value is -1.94. The second kappa shape index (κ2) is 5.60. The number of rotatable bonds is 4. The monoisotopic (exact) mass is 243 g/mol. The van der Waals surface area contributed by atoms with Crippen molar-refractivity contribution in [2.24, 2.45) is 5.73 Å². The third kappa shape index (κ3) is 2.84. The highest BCUT2D eigenvalue weighted by Gasteiger charge is 2.10. The van der Waals surface area contributed by atoms with E-state index in [0.29, 0.717) is 5.88 Å². The first-order valence-electron chi connectivity index (χ1n) is 5.88. The van der Waals surface area contributed by atoms with Crippen LogP contribution in [-0.4, -0.2) is 17.3 Å². The van der Waals surface area contributed by atoms with Crippen LogP contribution < -0.4 is 10.5 Å². The van der Waals surface area contributed by atoms with Crippen LogP contribution in [0.5, 0.6) is 5.88 Å². The van der Waals surface area contributed by atoms with Crippen molar-refractivity contribution in [1.82, 2.24) is 10.2 Å². The zero-order valence-corrected chi connectivity index (χ0v) is 10.6. The molecule has 0 aliphatic rings. The minimum Gasteiger partial charge on any atom is -0.480 e. The van der Waals surface area contributed by atoms with E-state index in [1.54, 1.807) is 13.2 Å². The molecule has 1 atom stereocenters. The van der Waals surface area contributed by atoms with E-state index < -0.39 is 0 Å². The maximum absolute atomic E-state index is 6.14. The number of hydrogen-bond acceptors (Lipinski definition) is 4. The highest BCUT2D eigenvalue weighted by atomic mass is 16.5. The summed E-state index contributed by atoms with van der Waals surface area (Å²) in [6, 6.07) is 11.7. The van der Waals surface area contributed by atoms with Gasteiger partial charge in [0, 0.05) is 6.07 Å². The topological polar surface area (TPSA) is 61.0 Å². The summed E-state index contributed by atoms with van der Waals surface area (Å²) in [7, 11) is 1.57. The fraction of sp³-hybridized carbons (Fsp3) is 0.286. The van der Waals surface area contributed by atoms with Gasteiger partial charge >= 0.3 is 0 Å². The Morgan fingerprint density at radius 3 is 2.56 bits per heavy atom. The molecule has 1 aromatic heterocycles. The predicted octanol–water partition coefficient (Wildman–Crippen LogP) is 2.04. The van der Waals surface area contributed by atoms with Crippen molar-refractivity contribution in [1.29, 1.82) is 0 Å². The van der Waals surface area contributed by atoms with Crippen LogP contribution >= 0.6 is 0 Å². The lowest BCUT2D eigenvalue weighted by molar-refractivity contribution is 0.390. The van der Waals surface area contributed by atoms with Gasteiger partial charge in [-0.05, 0) is 30.5 Å². The summed E-state index contributed by atoms with van der Waals surface area (Å²) in [6.45, 7) is 2.09. The molecule has 2 aromatic rings. The molecule has 0 bridgehead atoms. The van der Waals surface area contributed by atoms with E-state index in [2.05, 4.69) is 29.3 Å². The van der Waals surface area contributed by atoms with E-state index in [-0.39, 0.29) is 6.04 Å². The molecule has 0 spiro atoms. The highest BCUT2D eigenvalue weighted by molar-refractivity contribution is 5.27. The predicted molar refractivity (Wildman–Crippen MR) is 70.4 cm³/mol. The van der Waals surface area contributed by atoms with E-state index in [1.165, 1.54) is 11.1 Å². The van der Waals surface area contributed by atoms with Gasteiger partial charge < -0.3 is 10.5 Å². The number of aryl methyl sites for hydroxylation is 1. The first-order chi connectivity index (χ1) is 8.70. The standard InChI is InChI=1S/C14H17N3O/c1-10-5-3-4-6-11(10)9-12(15)13-7-8-14(18-2)17-16-13/h3-8,12H,9,15H2,1-2H3. The molecule has 0 amide bonds. The van der Waals surface area contributed by atoms with Gasteiger partial charge in [0.1, 0.15) is 0 Å². The number of benzene rings is 1. The number of nitrogens with two attached hydrogens (primary N) is 1. The zero-order chi connectivity index (χ0) is 13.0. The zero-order valence-electron chi connectivity index (χ0n) is 10.6. The average Bonchev–Trinajstić information content (AvgIpc) is 2.41. The van der Waals surface area contributed by atoms with Crippen LogP contribution in [-0.2, 0) is 6.42 Å². The summed E-state index contributed by atoms with van der Waals surface area (Å²) in [5.74, 6) is 0.502. The average molecular weight is 243 g/mol. The minimum absolute atomic E-state index is 0.149. The maximum Gasteiger partial charge on any atom is 0.233 e. The van der Waals surface area contributed by atoms with Crippen LogP contribution in [0.1, 0.15) is 22.9 Å². The molecule has 2 rings (SSSR count). The SMILES string of the molecule is COc1ccc(C(N)Cc2ccccc2C)nn1. The van der Waals surface area contributed by atoms with Crippen molar-refractivity contribution in [3.8, 4) is 5.88 Å². The van der Waals surface area contributed by atoms with E-state index in [0.717, 1.165) is 12.1 Å². The van der Waals surface area contributed by atoms with Gasteiger partial charge in [-0.2, -0.15) is 5.10 Å². The number of methoxy groups -OCH3 is 1. The Bertz CT molecular complexity index is 511. The molecule has 4 heteroatoms. The van der Waals surface area contributed by atoms with Crippen LogP contribution in [0.2, 0.25) is 0 Å². The van der Waals surface area contributed by atoms with Gasteiger partial charge in [-0.1, -0.05) is 24.3 Å². The number of aromatic nitrogens is 2. The van der Waals surface area contributed by atoms with Crippen LogP contribution in [0, 0.1) is 6.92 Å². The van der Waals surface area contributed by atoms with Gasteiger partial charge in [0.2, 0.25) is 5.88 Å². The lowest BCUT2D eigenvalue weighted by Crippen LogP contribution is -2.16. The van der Waals surface area contributed by atoms with Gasteiger partial charge in [0.15, 0.2) is 0 Å². The second-order valence-corrected chi connectivity index (χ2v) is 4.24. The summed E-state index contributed by atoms with van der Waals surface area (Å²) >= 11 is 0. The van der Waals surface area contributed by atoms with Crippen molar-refractivity contribution >= 4 is 0 Å². The molecular weight excluding hydrogens is 226 g/mol.